The summed E-state index contributed by atoms with van der Waals surface area (Å²) in [4.78, 5) is 0. The van der Waals surface area contributed by atoms with Crippen molar-refractivity contribution in [3.8, 4) is 17.2 Å². The fraction of sp³-hybridized carbons (Fsp3) is 0.680. The van der Waals surface area contributed by atoms with Crippen molar-refractivity contribution in [2.45, 2.75) is 96.3 Å². The topological polar surface area (TPSA) is 21.3 Å². The second-order valence-corrected chi connectivity index (χ2v) is 15.0. The van der Waals surface area contributed by atoms with E-state index < -0.39 is 8.07 Å². The van der Waals surface area contributed by atoms with E-state index in [1.165, 1.54) is 32.1 Å². The lowest BCUT2D eigenvalue weighted by molar-refractivity contribution is 0.346. The van der Waals surface area contributed by atoms with Gasteiger partial charge < -0.3 is 10.1 Å². The predicted octanol–water partition coefficient (Wildman–Crippen LogP) is 7.28. The van der Waals surface area contributed by atoms with Gasteiger partial charge in [0, 0.05) is 0 Å². The summed E-state index contributed by atoms with van der Waals surface area (Å²) in [6, 6.07) is 8.46. The van der Waals surface area contributed by atoms with E-state index in [0.29, 0.717) is 22.5 Å². The third-order valence-corrected chi connectivity index (χ3v) is 13.2. The average Bonchev–Trinajstić information content (AvgIpc) is 2.67. The molecule has 2 rings (SSSR count). The van der Waals surface area contributed by atoms with Gasteiger partial charge in [-0.3, -0.25) is 0 Å². The monoisotopic (exact) mass is 399 g/mol. The van der Waals surface area contributed by atoms with Crippen LogP contribution in [0.5, 0.6) is 5.75 Å². The van der Waals surface area contributed by atoms with Crippen LogP contribution < -0.4 is 10.1 Å². The van der Waals surface area contributed by atoms with Crippen LogP contribution in [0.4, 0.5) is 5.69 Å². The van der Waals surface area contributed by atoms with Gasteiger partial charge in [-0.25, -0.2) is 0 Å². The van der Waals surface area contributed by atoms with Crippen molar-refractivity contribution in [3.05, 3.63) is 24.3 Å². The minimum absolute atomic E-state index is 0.208. The maximum Gasteiger partial charge on any atom is 0.146 e. The Morgan fingerprint density at radius 2 is 1.50 bits per heavy atom. The summed E-state index contributed by atoms with van der Waals surface area (Å²) in [5.74, 6) is 5.36. The van der Waals surface area contributed by atoms with Gasteiger partial charge in [-0.05, 0) is 47.5 Å². The summed E-state index contributed by atoms with van der Waals surface area (Å²) in [6.07, 6.45) is 6.59. The highest BCUT2D eigenvalue weighted by atomic mass is 28.3. The molecule has 0 bridgehead atoms. The number of para-hydroxylation sites is 2. The Bertz CT molecular complexity index is 643. The van der Waals surface area contributed by atoms with Crippen LogP contribution in [-0.2, 0) is 0 Å². The molecule has 156 valence electrons. The van der Waals surface area contributed by atoms with Crippen LogP contribution in [0.25, 0.3) is 0 Å². The van der Waals surface area contributed by atoms with Gasteiger partial charge in [-0.1, -0.05) is 78.9 Å². The van der Waals surface area contributed by atoms with E-state index in [1.807, 2.05) is 12.1 Å². The number of ether oxygens (including phenoxy) is 1. The van der Waals surface area contributed by atoms with Gasteiger partial charge >= 0.3 is 0 Å². The predicted molar refractivity (Wildman–Crippen MR) is 126 cm³/mol. The van der Waals surface area contributed by atoms with E-state index in [4.69, 9.17) is 4.74 Å². The first-order valence-corrected chi connectivity index (χ1v) is 13.5. The van der Waals surface area contributed by atoms with E-state index in [1.54, 1.807) is 7.11 Å². The Kier molecular flexibility index (Phi) is 8.50. The molecule has 1 saturated carbocycles. The summed E-state index contributed by atoms with van der Waals surface area (Å²) in [7, 11) is 0.0207. The Labute approximate surface area is 174 Å². The van der Waals surface area contributed by atoms with Crippen molar-refractivity contribution >= 4 is 13.8 Å². The third kappa shape index (κ3) is 5.14. The molecule has 3 heteroatoms. The molecule has 1 aromatic carbocycles. The van der Waals surface area contributed by atoms with E-state index in [2.05, 4.69) is 70.5 Å². The molecule has 1 atom stereocenters. The number of methoxy groups -OCH3 is 1. The number of hydrogen-bond acceptors (Lipinski definition) is 2. The second-order valence-electron chi connectivity index (χ2n) is 9.39. The van der Waals surface area contributed by atoms with Crippen molar-refractivity contribution in [2.24, 2.45) is 5.92 Å². The van der Waals surface area contributed by atoms with Crippen molar-refractivity contribution in [1.82, 2.24) is 0 Å². The summed E-state index contributed by atoms with van der Waals surface area (Å²) in [5, 5.41) is 3.78. The van der Waals surface area contributed by atoms with Crippen LogP contribution >= 0.6 is 0 Å². The van der Waals surface area contributed by atoms with Crippen LogP contribution in [0.1, 0.15) is 73.6 Å². The smallest absolute Gasteiger partial charge is 0.146 e. The lowest BCUT2D eigenvalue weighted by atomic mass is 9.84. The SMILES string of the molecule is COc1ccccc1NC(C#C[Si](C(C)C)(C(C)C)C(C)C)C1CCCCC1. The molecule has 1 fully saturated rings. The highest BCUT2D eigenvalue weighted by molar-refractivity contribution is 6.90. The van der Waals surface area contributed by atoms with Crippen molar-refractivity contribution in [2.75, 3.05) is 12.4 Å². The summed E-state index contributed by atoms with van der Waals surface area (Å²) >= 11 is 0. The highest BCUT2D eigenvalue weighted by Gasteiger charge is 2.42. The third-order valence-electron chi connectivity index (χ3n) is 6.85. The standard InChI is InChI=1S/C25H41NOSi/c1-19(2)28(20(3)4,21(5)6)18-17-23(22-13-9-8-10-14-22)26-24-15-11-12-16-25(24)27-7/h11-12,15-16,19-23,26H,8-10,13-14H2,1-7H3. The first kappa shape index (κ1) is 22.9. The van der Waals surface area contributed by atoms with Crippen LogP contribution in [-0.4, -0.2) is 21.2 Å². The number of benzene rings is 1. The molecule has 0 radical (unpaired) electrons. The molecule has 1 N–H and O–H groups in total. The van der Waals surface area contributed by atoms with Gasteiger partial charge in [0.2, 0.25) is 0 Å². The van der Waals surface area contributed by atoms with E-state index >= 15 is 0 Å². The zero-order valence-corrected chi connectivity index (χ0v) is 20.1. The molecule has 1 aromatic rings. The largest absolute Gasteiger partial charge is 0.495 e. The number of nitrogens with one attached hydrogen (secondary N) is 1. The zero-order valence-electron chi connectivity index (χ0n) is 19.1. The molecule has 28 heavy (non-hydrogen) atoms. The molecule has 0 aliphatic heterocycles. The van der Waals surface area contributed by atoms with Gasteiger partial charge in [-0.2, -0.15) is 0 Å². The number of hydrogen-bond donors (Lipinski definition) is 1. The maximum atomic E-state index is 5.59. The summed E-state index contributed by atoms with van der Waals surface area (Å²) in [5.41, 5.74) is 7.04. The van der Waals surface area contributed by atoms with Gasteiger partial charge in [0.1, 0.15) is 13.8 Å². The molecule has 1 aliphatic carbocycles. The van der Waals surface area contributed by atoms with Gasteiger partial charge in [-0.15, -0.1) is 5.54 Å². The van der Waals surface area contributed by atoms with Crippen LogP contribution in [0, 0.1) is 17.4 Å². The van der Waals surface area contributed by atoms with Crippen LogP contribution in [0.3, 0.4) is 0 Å². The van der Waals surface area contributed by atoms with E-state index in [9.17, 15) is 0 Å². The maximum absolute atomic E-state index is 5.59. The van der Waals surface area contributed by atoms with Crippen molar-refractivity contribution in [1.29, 1.82) is 0 Å². The Balaban J connectivity index is 2.41. The minimum atomic E-state index is -1.73. The molecule has 1 aliphatic rings. The Morgan fingerprint density at radius 1 is 0.929 bits per heavy atom. The normalized spacial score (nSPS) is 16.8. The molecule has 0 spiro atoms. The summed E-state index contributed by atoms with van der Waals surface area (Å²) in [6.45, 7) is 14.4. The fourth-order valence-corrected chi connectivity index (χ4v) is 10.6. The Hall–Kier alpha value is -1.40. The number of rotatable bonds is 7. The molecule has 0 heterocycles. The Morgan fingerprint density at radius 3 is 2.04 bits per heavy atom. The van der Waals surface area contributed by atoms with E-state index in [-0.39, 0.29) is 6.04 Å². The molecule has 0 saturated heterocycles. The summed E-state index contributed by atoms with van der Waals surface area (Å²) < 4.78 is 5.59. The quantitative estimate of drug-likeness (QED) is 0.384. The second kappa shape index (κ2) is 10.4. The van der Waals surface area contributed by atoms with E-state index in [0.717, 1.165) is 11.4 Å². The lowest BCUT2D eigenvalue weighted by Crippen LogP contribution is -2.44. The molecular formula is C25H41NOSi. The average molecular weight is 400 g/mol. The van der Waals surface area contributed by atoms with Crippen LogP contribution in [0.2, 0.25) is 16.6 Å². The van der Waals surface area contributed by atoms with Crippen molar-refractivity contribution in [3.63, 3.8) is 0 Å². The molecule has 0 amide bonds. The highest BCUT2D eigenvalue weighted by Crippen LogP contribution is 2.41. The molecule has 2 nitrogen and oxygen atoms in total. The molecular weight excluding hydrogens is 358 g/mol. The molecule has 0 aromatic heterocycles. The first-order valence-electron chi connectivity index (χ1n) is 11.2. The van der Waals surface area contributed by atoms with Crippen LogP contribution in [0.15, 0.2) is 24.3 Å². The molecule has 1 unspecified atom stereocenters. The van der Waals surface area contributed by atoms with Crippen molar-refractivity contribution < 1.29 is 4.74 Å². The zero-order chi connectivity index (χ0) is 20.7. The van der Waals surface area contributed by atoms with Gasteiger partial charge in [0.15, 0.2) is 0 Å². The minimum Gasteiger partial charge on any atom is -0.495 e. The van der Waals surface area contributed by atoms with Gasteiger partial charge in [0.25, 0.3) is 0 Å². The first-order chi connectivity index (χ1) is 13.3. The number of anilines is 1. The van der Waals surface area contributed by atoms with Gasteiger partial charge in [0.05, 0.1) is 18.8 Å². The lowest BCUT2D eigenvalue weighted by Gasteiger charge is -2.38. The fourth-order valence-electron chi connectivity index (χ4n) is 5.31.